The van der Waals surface area contributed by atoms with Crippen molar-refractivity contribution in [2.45, 2.75) is 146 Å². The predicted molar refractivity (Wildman–Crippen MR) is 247 cm³/mol. The molecule has 3 fully saturated rings. The number of rotatable bonds is 12. The van der Waals surface area contributed by atoms with Crippen LogP contribution in [0.3, 0.4) is 0 Å². The molecule has 1 unspecified atom stereocenters. The highest BCUT2D eigenvalue weighted by molar-refractivity contribution is 7.91. The fourth-order valence-corrected chi connectivity index (χ4v) is 10.3. The van der Waals surface area contributed by atoms with E-state index in [1.807, 2.05) is 13.0 Å². The number of allylic oxidation sites excluding steroid dienone is 1. The molecule has 3 heterocycles. The lowest BCUT2D eigenvalue weighted by Gasteiger charge is -2.35. The van der Waals surface area contributed by atoms with Gasteiger partial charge in [0.2, 0.25) is 27.4 Å². The first-order chi connectivity index (χ1) is 32.3. The maximum absolute atomic E-state index is 15.4. The minimum atomic E-state index is -4.95. The zero-order valence-electron chi connectivity index (χ0n) is 40.0. The Labute approximate surface area is 399 Å². The van der Waals surface area contributed by atoms with Crippen molar-refractivity contribution in [3.8, 4) is 28.5 Å². The predicted octanol–water partition coefficient (Wildman–Crippen LogP) is 7.90. The van der Waals surface area contributed by atoms with Gasteiger partial charge < -0.3 is 34.5 Å². The molecule has 2 aromatic carbocycles. The Morgan fingerprint density at radius 3 is 2.41 bits per heavy atom. The molecule has 69 heavy (non-hydrogen) atoms. The van der Waals surface area contributed by atoms with E-state index in [1.54, 1.807) is 57.2 Å². The van der Waals surface area contributed by atoms with Gasteiger partial charge in [-0.2, -0.15) is 13.2 Å². The normalized spacial score (nSPS) is 26.7. The maximum atomic E-state index is 15.4. The van der Waals surface area contributed by atoms with Crippen molar-refractivity contribution in [1.29, 1.82) is 0 Å². The number of nitrogens with zero attached hydrogens (tertiary/aromatic N) is 2. The smallest absolute Gasteiger partial charge is 0.427 e. The third-order valence-electron chi connectivity index (χ3n) is 13.8. The van der Waals surface area contributed by atoms with E-state index in [4.69, 9.17) is 23.9 Å². The van der Waals surface area contributed by atoms with Crippen molar-refractivity contribution in [3.05, 3.63) is 60.4 Å². The summed E-state index contributed by atoms with van der Waals surface area (Å²) in [4.78, 5) is 63.6. The molecule has 2 saturated carbocycles. The van der Waals surface area contributed by atoms with Crippen LogP contribution in [0.2, 0.25) is 0 Å². The number of hydrogen-bond donors (Lipinski definition) is 3. The second-order valence-electron chi connectivity index (χ2n) is 19.9. The van der Waals surface area contributed by atoms with Gasteiger partial charge in [0.1, 0.15) is 35.2 Å². The van der Waals surface area contributed by atoms with Crippen LogP contribution in [-0.4, -0.2) is 102 Å². The van der Waals surface area contributed by atoms with Crippen molar-refractivity contribution < 1.29 is 64.1 Å². The summed E-state index contributed by atoms with van der Waals surface area (Å²) < 4.78 is 108. The number of aromatic nitrogens is 1. The van der Waals surface area contributed by atoms with Gasteiger partial charge in [-0.1, -0.05) is 32.4 Å². The lowest BCUT2D eigenvalue weighted by molar-refractivity contribution is -0.244. The molecular weight excluding hydrogens is 927 g/mol. The second-order valence-corrected chi connectivity index (χ2v) is 22.1. The summed E-state index contributed by atoms with van der Waals surface area (Å²) >= 11 is 0. The number of halogens is 4. The van der Waals surface area contributed by atoms with Gasteiger partial charge in [0.05, 0.1) is 35.7 Å². The Bertz CT molecular complexity index is 2620. The molecule has 2 aliphatic carbocycles. The number of hydrogen-bond acceptors (Lipinski definition) is 11. The largest absolute Gasteiger partial charge is 0.497 e. The van der Waals surface area contributed by atoms with Gasteiger partial charge in [-0.3, -0.25) is 19.1 Å². The van der Waals surface area contributed by atoms with Crippen LogP contribution in [-0.2, 0) is 29.1 Å². The number of carbonyl (C=O) groups is 4. The Hall–Kier alpha value is -5.66. The molecule has 1 saturated heterocycles. The van der Waals surface area contributed by atoms with Crippen molar-refractivity contribution in [3.63, 3.8) is 0 Å². The molecule has 1 aromatic heterocycles. The maximum Gasteiger partial charge on any atom is 0.427 e. The number of fused-ring (bicyclic) bond motifs is 3. The van der Waals surface area contributed by atoms with Crippen LogP contribution in [0.1, 0.15) is 99.8 Å². The number of sulfonamides is 1. The van der Waals surface area contributed by atoms with E-state index in [9.17, 15) is 36.0 Å². The van der Waals surface area contributed by atoms with Crippen LogP contribution >= 0.6 is 0 Å². The van der Waals surface area contributed by atoms with Crippen LogP contribution in [0.25, 0.3) is 22.2 Å². The van der Waals surface area contributed by atoms with Crippen LogP contribution in [0.5, 0.6) is 17.2 Å². The average Bonchev–Trinajstić information content (AvgIpc) is 4.15. The molecule has 0 bridgehead atoms. The van der Waals surface area contributed by atoms with Crippen molar-refractivity contribution in [2.24, 2.45) is 17.8 Å². The molecule has 376 valence electrons. The summed E-state index contributed by atoms with van der Waals surface area (Å²) in [5.74, 6) is -3.78. The number of benzene rings is 2. The zero-order chi connectivity index (χ0) is 50.4. The van der Waals surface area contributed by atoms with Crippen LogP contribution in [0.15, 0.2) is 54.6 Å². The van der Waals surface area contributed by atoms with E-state index in [1.165, 1.54) is 31.1 Å². The standard InChI is InChI=1S/C49H61F4N5O10S/c1-9-29-20-28(4)12-10-11-13-31-25-48(31,44(61)57-69(63,64)47(7)18-19-47)56-42(59)38-23-33(26-58(38)43(60)41(29)55-45(62)68-46(5,6)49(51,52)53)67-40-24-36(54-37-22-32(65-8)15-16-34(37)40)30-14-17-39(35(50)21-30)66-27(2)3/h11,13-17,21-22,24,27-29,31,33,38,41H,9-10,12,18-20,23,25-26H2,1-8H3,(H,55,62)(H,56,59)(H,57,61)/b13-11-/t28-,29-,31-,33-,38?,41+,48-/m1/s1. The molecule has 0 spiro atoms. The Balaban J connectivity index is 1.28. The van der Waals surface area contributed by atoms with Crippen molar-refractivity contribution in [1.82, 2.24) is 25.2 Å². The quantitative estimate of drug-likeness (QED) is 0.118. The lowest BCUT2D eigenvalue weighted by atomic mass is 9.85. The highest BCUT2D eigenvalue weighted by Crippen LogP contribution is 2.48. The molecule has 7 rings (SSSR count). The van der Waals surface area contributed by atoms with Gasteiger partial charge in [-0.25, -0.2) is 22.6 Å². The first-order valence-corrected chi connectivity index (χ1v) is 24.8. The minimum absolute atomic E-state index is 0.0430. The van der Waals surface area contributed by atoms with Crippen LogP contribution in [0.4, 0.5) is 22.4 Å². The van der Waals surface area contributed by atoms with E-state index in [-0.39, 0.29) is 42.9 Å². The van der Waals surface area contributed by atoms with Gasteiger partial charge in [0.25, 0.3) is 5.91 Å². The number of methoxy groups -OCH3 is 1. The third kappa shape index (κ3) is 10.9. The molecular formula is C49H61F4N5O10S. The second kappa shape index (κ2) is 19.3. The van der Waals surface area contributed by atoms with Crippen LogP contribution in [0, 0.1) is 23.6 Å². The first-order valence-electron chi connectivity index (χ1n) is 23.3. The molecule has 2 aliphatic heterocycles. The molecule has 20 heteroatoms. The number of pyridine rings is 1. The highest BCUT2D eigenvalue weighted by Gasteiger charge is 2.63. The highest BCUT2D eigenvalue weighted by atomic mass is 32.2. The van der Waals surface area contributed by atoms with Gasteiger partial charge >= 0.3 is 12.3 Å². The molecule has 0 radical (unpaired) electrons. The molecule has 4 aliphatic rings. The minimum Gasteiger partial charge on any atom is -0.497 e. The monoisotopic (exact) mass is 987 g/mol. The lowest BCUT2D eigenvalue weighted by Crippen LogP contribution is -2.60. The number of alkyl carbamates (subject to hydrolysis) is 1. The van der Waals surface area contributed by atoms with Gasteiger partial charge in [0, 0.05) is 35.4 Å². The Morgan fingerprint density at radius 2 is 1.77 bits per heavy atom. The van der Waals surface area contributed by atoms with Crippen LogP contribution < -0.4 is 29.6 Å². The third-order valence-corrected chi connectivity index (χ3v) is 15.9. The van der Waals surface area contributed by atoms with E-state index in [0.29, 0.717) is 80.3 Å². The number of amides is 4. The van der Waals surface area contributed by atoms with E-state index in [0.717, 1.165) is 0 Å². The van der Waals surface area contributed by atoms with Gasteiger partial charge in [-0.05, 0) is 115 Å². The fourth-order valence-electron chi connectivity index (χ4n) is 9.00. The first kappa shape index (κ1) is 51.2. The zero-order valence-corrected chi connectivity index (χ0v) is 40.8. The fraction of sp³-hybridized carbons (Fsp3) is 0.571. The summed E-state index contributed by atoms with van der Waals surface area (Å²) in [6, 6.07) is 8.12. The SMILES string of the molecule is CC[C@@H]1C[C@H](C)CC/C=C\[C@@H]2C[C@@]2(C(=O)NS(=O)(=O)C2(C)CC2)NC(=O)C2C[C@@H](Oc3cc(-c4ccc(OC(C)C)c(F)c4)nc4cc(OC)ccc34)CN2C(=O)[C@H]1NC(=O)OC(C)(C)C(F)(F)F. The molecule has 7 atom stereocenters. The average molecular weight is 988 g/mol. The summed E-state index contributed by atoms with van der Waals surface area (Å²) in [5.41, 5.74) is -3.57. The summed E-state index contributed by atoms with van der Waals surface area (Å²) in [6.45, 7) is 9.87. The summed E-state index contributed by atoms with van der Waals surface area (Å²) in [5, 5.41) is 5.75. The molecule has 3 N–H and O–H groups in total. The molecule has 3 aromatic rings. The number of ether oxygens (including phenoxy) is 4. The number of nitrogens with one attached hydrogen (secondary N) is 3. The Kier molecular flexibility index (Phi) is 14.3. The molecule has 4 amide bonds. The van der Waals surface area contributed by atoms with Gasteiger partial charge in [-0.15, -0.1) is 0 Å². The molecule has 15 nitrogen and oxygen atoms in total. The Morgan fingerprint density at radius 1 is 1.04 bits per heavy atom. The number of alkyl halides is 3. The van der Waals surface area contributed by atoms with Crippen molar-refractivity contribution >= 4 is 44.7 Å². The number of carbonyl (C=O) groups excluding carboxylic acids is 4. The van der Waals surface area contributed by atoms with E-state index in [2.05, 4.69) is 15.4 Å². The topological polar surface area (TPSA) is 192 Å². The summed E-state index contributed by atoms with van der Waals surface area (Å²) in [7, 11) is -2.65. The van der Waals surface area contributed by atoms with E-state index >= 15 is 9.18 Å². The van der Waals surface area contributed by atoms with E-state index < -0.39 is 91.7 Å². The summed E-state index contributed by atoms with van der Waals surface area (Å²) in [6.07, 6.45) is -1.77. The van der Waals surface area contributed by atoms with Crippen molar-refractivity contribution in [2.75, 3.05) is 13.7 Å². The van der Waals surface area contributed by atoms with Gasteiger partial charge in [0.15, 0.2) is 11.6 Å².